The number of thioether (sulfide) groups is 1. The van der Waals surface area contributed by atoms with Gasteiger partial charge >= 0.3 is 0 Å². The van der Waals surface area contributed by atoms with E-state index in [1.807, 2.05) is 16.5 Å². The maximum Gasteiger partial charge on any atom is 0.178 e. The van der Waals surface area contributed by atoms with Gasteiger partial charge in [0.15, 0.2) is 5.17 Å². The molecule has 0 spiro atoms. The fourth-order valence-electron chi connectivity index (χ4n) is 1.38. The van der Waals surface area contributed by atoms with Crippen LogP contribution in [0.4, 0.5) is 5.00 Å². The van der Waals surface area contributed by atoms with Crippen molar-refractivity contribution in [3.05, 3.63) is 35.2 Å². The number of amidine groups is 1. The van der Waals surface area contributed by atoms with Gasteiger partial charge in [-0.2, -0.15) is 0 Å². The third kappa shape index (κ3) is 0.927. The molecule has 1 aromatic heterocycles. The molecule has 0 N–H and O–H groups in total. The van der Waals surface area contributed by atoms with E-state index in [1.54, 1.807) is 23.1 Å². The first kappa shape index (κ1) is 7.41. The van der Waals surface area contributed by atoms with E-state index in [-0.39, 0.29) is 0 Å². The van der Waals surface area contributed by atoms with Crippen LogP contribution in [0.3, 0.4) is 0 Å². The van der Waals surface area contributed by atoms with Crippen LogP contribution in [0.1, 0.15) is 5.56 Å². The largest absolute Gasteiger partial charge is 0.295 e. The summed E-state index contributed by atoms with van der Waals surface area (Å²) in [5, 5.41) is 6.17. The van der Waals surface area contributed by atoms with Crippen LogP contribution >= 0.6 is 23.1 Å². The van der Waals surface area contributed by atoms with Gasteiger partial charge in [0.05, 0.1) is 5.70 Å². The smallest absolute Gasteiger partial charge is 0.178 e. The van der Waals surface area contributed by atoms with Crippen LogP contribution in [0.15, 0.2) is 34.6 Å². The molecular weight excluding hydrogens is 200 g/mol. The third-order valence-corrected chi connectivity index (χ3v) is 3.60. The highest BCUT2D eigenvalue weighted by atomic mass is 32.2. The molecule has 0 aliphatic carbocycles. The van der Waals surface area contributed by atoms with Gasteiger partial charge in [-0.15, -0.1) is 11.3 Å². The van der Waals surface area contributed by atoms with Crippen LogP contribution in [-0.2, 0) is 0 Å². The number of hydrogen-bond acceptors (Lipinski definition) is 4. The van der Waals surface area contributed by atoms with E-state index in [2.05, 4.69) is 23.0 Å². The van der Waals surface area contributed by atoms with E-state index in [0.29, 0.717) is 0 Å². The van der Waals surface area contributed by atoms with Crippen LogP contribution < -0.4 is 0 Å². The molecule has 0 saturated carbocycles. The summed E-state index contributed by atoms with van der Waals surface area (Å²) in [6.45, 7) is 4.06. The summed E-state index contributed by atoms with van der Waals surface area (Å²) in [7, 11) is 0. The molecule has 0 amide bonds. The maximum atomic E-state index is 4.52. The van der Waals surface area contributed by atoms with E-state index in [0.717, 1.165) is 21.4 Å². The van der Waals surface area contributed by atoms with Crippen molar-refractivity contribution in [3.63, 3.8) is 0 Å². The molecule has 2 aliphatic rings. The molecule has 4 heteroatoms. The average molecular weight is 206 g/mol. The van der Waals surface area contributed by atoms with Gasteiger partial charge in [0.25, 0.3) is 0 Å². The number of nitrogens with zero attached hydrogens (tertiary/aromatic N) is 2. The summed E-state index contributed by atoms with van der Waals surface area (Å²) in [6, 6.07) is 2.07. The van der Waals surface area contributed by atoms with Crippen molar-refractivity contribution >= 4 is 39.0 Å². The minimum Gasteiger partial charge on any atom is -0.295 e. The molecule has 0 aromatic carbocycles. The lowest BCUT2D eigenvalue weighted by Gasteiger charge is -2.22. The second kappa shape index (κ2) is 2.49. The second-order valence-electron chi connectivity index (χ2n) is 2.75. The van der Waals surface area contributed by atoms with Crippen molar-refractivity contribution in [3.8, 4) is 0 Å². The first-order valence-electron chi connectivity index (χ1n) is 3.84. The normalized spacial score (nSPS) is 18.6. The highest BCUT2D eigenvalue weighted by Gasteiger charge is 2.25. The van der Waals surface area contributed by atoms with Gasteiger partial charge in [-0.25, -0.2) is 4.99 Å². The van der Waals surface area contributed by atoms with Gasteiger partial charge in [0, 0.05) is 11.8 Å². The molecule has 0 fully saturated rings. The van der Waals surface area contributed by atoms with Crippen LogP contribution in [0.25, 0.3) is 5.70 Å². The second-order valence-corrected chi connectivity index (χ2v) is 4.52. The van der Waals surface area contributed by atoms with Gasteiger partial charge in [-0.3, -0.25) is 4.90 Å². The lowest BCUT2D eigenvalue weighted by atomic mass is 10.2. The summed E-state index contributed by atoms with van der Waals surface area (Å²) in [5.74, 6) is 0. The molecule has 1 aromatic rings. The quantitative estimate of drug-likeness (QED) is 0.647. The molecule has 0 atom stereocenters. The lowest BCUT2D eigenvalue weighted by Crippen LogP contribution is -2.19. The SMILES string of the molecule is C=C1c2ccsc2N=C2SC=CN12. The van der Waals surface area contributed by atoms with Gasteiger partial charge in [0.1, 0.15) is 5.00 Å². The lowest BCUT2D eigenvalue weighted by molar-refractivity contribution is 0.811. The Kier molecular flexibility index (Phi) is 1.42. The highest BCUT2D eigenvalue weighted by Crippen LogP contribution is 2.41. The summed E-state index contributed by atoms with van der Waals surface area (Å²) < 4.78 is 0. The van der Waals surface area contributed by atoms with Crippen molar-refractivity contribution in [1.82, 2.24) is 4.90 Å². The van der Waals surface area contributed by atoms with Crippen molar-refractivity contribution in [2.75, 3.05) is 0 Å². The Hall–Kier alpha value is -1.00. The zero-order chi connectivity index (χ0) is 8.84. The minimum atomic E-state index is 1.01. The van der Waals surface area contributed by atoms with E-state index in [1.165, 1.54) is 0 Å². The monoisotopic (exact) mass is 206 g/mol. The van der Waals surface area contributed by atoms with Gasteiger partial charge in [-0.1, -0.05) is 18.3 Å². The number of hydrogen-bond donors (Lipinski definition) is 0. The zero-order valence-corrected chi connectivity index (χ0v) is 8.36. The minimum absolute atomic E-state index is 1.01. The number of aliphatic imine (C=N–C) groups is 1. The molecule has 0 saturated heterocycles. The predicted octanol–water partition coefficient (Wildman–Crippen LogP) is 3.24. The van der Waals surface area contributed by atoms with E-state index in [4.69, 9.17) is 0 Å². The Morgan fingerprint density at radius 3 is 3.31 bits per heavy atom. The van der Waals surface area contributed by atoms with E-state index < -0.39 is 0 Å². The average Bonchev–Trinajstić information content (AvgIpc) is 2.71. The fourth-order valence-corrected chi connectivity index (χ4v) is 2.96. The van der Waals surface area contributed by atoms with Crippen molar-refractivity contribution in [2.24, 2.45) is 4.99 Å². The van der Waals surface area contributed by atoms with Crippen LogP contribution in [0.5, 0.6) is 0 Å². The highest BCUT2D eigenvalue weighted by molar-refractivity contribution is 8.16. The molecule has 13 heavy (non-hydrogen) atoms. The van der Waals surface area contributed by atoms with Crippen LogP contribution in [0, 0.1) is 0 Å². The van der Waals surface area contributed by atoms with Crippen molar-refractivity contribution < 1.29 is 0 Å². The number of fused-ring (bicyclic) bond motifs is 2. The Balaban J connectivity index is 2.23. The molecule has 3 rings (SSSR count). The van der Waals surface area contributed by atoms with Crippen LogP contribution in [-0.4, -0.2) is 10.1 Å². The van der Waals surface area contributed by atoms with E-state index >= 15 is 0 Å². The first-order chi connectivity index (χ1) is 6.36. The molecule has 3 heterocycles. The molecule has 64 valence electrons. The Morgan fingerprint density at radius 2 is 2.38 bits per heavy atom. The molecular formula is C9H6N2S2. The summed E-state index contributed by atoms with van der Waals surface area (Å²) in [4.78, 5) is 6.55. The van der Waals surface area contributed by atoms with Gasteiger partial charge in [0.2, 0.25) is 0 Å². The van der Waals surface area contributed by atoms with Crippen molar-refractivity contribution in [2.45, 2.75) is 0 Å². The molecule has 2 nitrogen and oxygen atoms in total. The predicted molar refractivity (Wildman–Crippen MR) is 59.0 cm³/mol. The maximum absolute atomic E-state index is 4.52. The number of thiophene rings is 1. The van der Waals surface area contributed by atoms with Gasteiger partial charge in [-0.05, 0) is 16.9 Å². The topological polar surface area (TPSA) is 15.6 Å². The van der Waals surface area contributed by atoms with Gasteiger partial charge < -0.3 is 0 Å². The molecule has 0 bridgehead atoms. The summed E-state index contributed by atoms with van der Waals surface area (Å²) in [6.07, 6.45) is 2.01. The Morgan fingerprint density at radius 1 is 1.46 bits per heavy atom. The first-order valence-corrected chi connectivity index (χ1v) is 5.60. The van der Waals surface area contributed by atoms with E-state index in [9.17, 15) is 0 Å². The van der Waals surface area contributed by atoms with Crippen LogP contribution in [0.2, 0.25) is 0 Å². The zero-order valence-electron chi connectivity index (χ0n) is 6.73. The van der Waals surface area contributed by atoms with Crippen molar-refractivity contribution in [1.29, 1.82) is 0 Å². The Bertz CT molecular complexity index is 442. The molecule has 2 aliphatic heterocycles. The molecule has 0 unspecified atom stereocenters. The summed E-state index contributed by atoms with van der Waals surface area (Å²) in [5.41, 5.74) is 2.18. The third-order valence-electron chi connectivity index (χ3n) is 2.03. The Labute approximate surface area is 84.3 Å². The summed E-state index contributed by atoms with van der Waals surface area (Å²) >= 11 is 3.30. The molecule has 0 radical (unpaired) electrons. The standard InChI is InChI=1S/C9H6N2S2/c1-6-7-2-4-12-8(7)10-9-11(6)3-5-13-9/h2-5H,1H2. The number of rotatable bonds is 0. The fraction of sp³-hybridized carbons (Fsp3) is 0.